The Balaban J connectivity index is 1.32. The number of benzene rings is 2. The molecule has 0 bridgehead atoms. The van der Waals surface area contributed by atoms with Gasteiger partial charge in [-0.05, 0) is 36.1 Å². The van der Waals surface area contributed by atoms with Gasteiger partial charge in [-0.15, -0.1) is 0 Å². The number of hydrogen-bond donors (Lipinski definition) is 2. The minimum Gasteiger partial charge on any atom is -0.337 e. The molecule has 1 aliphatic heterocycles. The fraction of sp³-hybridized carbons (Fsp3) is 0.261. The zero-order valence-electron chi connectivity index (χ0n) is 17.4. The number of hydrogen-bond acceptors (Lipinski definition) is 5. The summed E-state index contributed by atoms with van der Waals surface area (Å²) in [6.45, 7) is -0.348. The van der Waals surface area contributed by atoms with Gasteiger partial charge in [-0.2, -0.15) is 0 Å². The van der Waals surface area contributed by atoms with Crippen LogP contribution in [0.1, 0.15) is 23.4 Å². The van der Waals surface area contributed by atoms with E-state index in [2.05, 4.69) is 15.3 Å². The molecule has 1 saturated heterocycles. The van der Waals surface area contributed by atoms with Crippen LogP contribution in [0.2, 0.25) is 0 Å². The minimum atomic E-state index is -1.10. The van der Waals surface area contributed by atoms with Crippen molar-refractivity contribution >= 4 is 28.7 Å². The van der Waals surface area contributed by atoms with Crippen molar-refractivity contribution in [1.29, 1.82) is 0 Å². The van der Waals surface area contributed by atoms with Gasteiger partial charge in [0, 0.05) is 7.05 Å². The number of aromatic amines is 1. The summed E-state index contributed by atoms with van der Waals surface area (Å²) in [6, 6.07) is 13.9. The highest BCUT2D eigenvalue weighted by molar-refractivity contribution is 6.09. The van der Waals surface area contributed by atoms with Crippen LogP contribution in [0.3, 0.4) is 0 Å². The zero-order chi connectivity index (χ0) is 22.5. The van der Waals surface area contributed by atoms with Crippen molar-refractivity contribution in [3.05, 3.63) is 75.8 Å². The normalized spacial score (nSPS) is 19.5. The van der Waals surface area contributed by atoms with Crippen molar-refractivity contribution in [3.8, 4) is 0 Å². The Morgan fingerprint density at radius 3 is 2.72 bits per heavy atom. The SMILES string of the molecule is CN(Cc1nc2ccccc2c(=O)[nH]1)C(=O)CN1C(=O)N[C@]2(CCc3ccccc32)C1=O. The Bertz CT molecular complexity index is 1330. The molecule has 162 valence electrons. The van der Waals surface area contributed by atoms with Gasteiger partial charge in [0.25, 0.3) is 11.5 Å². The van der Waals surface area contributed by atoms with Gasteiger partial charge in [0.2, 0.25) is 5.91 Å². The number of para-hydroxylation sites is 1. The molecule has 1 aliphatic carbocycles. The van der Waals surface area contributed by atoms with Gasteiger partial charge in [-0.1, -0.05) is 36.4 Å². The summed E-state index contributed by atoms with van der Waals surface area (Å²) >= 11 is 0. The number of amides is 4. The van der Waals surface area contributed by atoms with Crippen molar-refractivity contribution < 1.29 is 14.4 Å². The summed E-state index contributed by atoms with van der Waals surface area (Å²) in [5.74, 6) is -0.526. The molecule has 9 heteroatoms. The van der Waals surface area contributed by atoms with E-state index < -0.39 is 23.4 Å². The number of urea groups is 1. The van der Waals surface area contributed by atoms with Crippen LogP contribution < -0.4 is 10.9 Å². The third kappa shape index (κ3) is 3.05. The summed E-state index contributed by atoms with van der Waals surface area (Å²) in [5, 5.41) is 3.28. The first-order chi connectivity index (χ1) is 15.4. The fourth-order valence-electron chi connectivity index (χ4n) is 4.51. The first kappa shape index (κ1) is 19.9. The first-order valence-corrected chi connectivity index (χ1v) is 10.3. The van der Waals surface area contributed by atoms with E-state index in [1.807, 2.05) is 24.3 Å². The number of fused-ring (bicyclic) bond motifs is 3. The molecule has 2 N–H and O–H groups in total. The topological polar surface area (TPSA) is 115 Å². The second kappa shape index (κ2) is 7.30. The molecule has 1 aromatic heterocycles. The monoisotopic (exact) mass is 431 g/mol. The van der Waals surface area contributed by atoms with Crippen molar-refractivity contribution in [1.82, 2.24) is 25.1 Å². The largest absolute Gasteiger partial charge is 0.337 e. The van der Waals surface area contributed by atoms with E-state index in [1.54, 1.807) is 24.3 Å². The van der Waals surface area contributed by atoms with E-state index >= 15 is 0 Å². The fourth-order valence-corrected chi connectivity index (χ4v) is 4.51. The molecule has 2 aliphatic rings. The van der Waals surface area contributed by atoms with Crippen molar-refractivity contribution in [3.63, 3.8) is 0 Å². The lowest BCUT2D eigenvalue weighted by Gasteiger charge is -2.23. The lowest BCUT2D eigenvalue weighted by Crippen LogP contribution is -2.44. The Hall–Kier alpha value is -4.01. The number of imide groups is 1. The first-order valence-electron chi connectivity index (χ1n) is 10.3. The van der Waals surface area contributed by atoms with Crippen LogP contribution in [-0.4, -0.2) is 51.2 Å². The number of likely N-dealkylation sites (N-methyl/N-ethyl adjacent to an activating group) is 1. The highest BCUT2D eigenvalue weighted by Gasteiger charge is 2.55. The van der Waals surface area contributed by atoms with Gasteiger partial charge >= 0.3 is 6.03 Å². The molecule has 2 aromatic carbocycles. The van der Waals surface area contributed by atoms with E-state index in [4.69, 9.17) is 0 Å². The standard InChI is InChI=1S/C23H21N5O4/c1-27(12-18-24-17-9-5-3-7-15(17)20(30)25-18)19(29)13-28-21(31)23(26-22(28)32)11-10-14-6-2-4-8-16(14)23/h2-9H,10-13H2,1H3,(H,26,32)(H,24,25,30)/t23-/m0/s1. The molecule has 0 unspecified atom stereocenters. The Morgan fingerprint density at radius 2 is 1.88 bits per heavy atom. The Labute approximate surface area is 183 Å². The Morgan fingerprint density at radius 1 is 1.12 bits per heavy atom. The zero-order valence-corrected chi connectivity index (χ0v) is 17.4. The number of rotatable bonds is 4. The van der Waals surface area contributed by atoms with E-state index in [0.29, 0.717) is 29.6 Å². The predicted molar refractivity (Wildman–Crippen MR) is 116 cm³/mol. The lowest BCUT2D eigenvalue weighted by atomic mass is 9.92. The highest BCUT2D eigenvalue weighted by atomic mass is 16.2. The third-order valence-corrected chi connectivity index (χ3v) is 6.19. The summed E-state index contributed by atoms with van der Waals surface area (Å²) < 4.78 is 0. The summed E-state index contributed by atoms with van der Waals surface area (Å²) in [6.07, 6.45) is 1.16. The molecule has 4 amide bonds. The maximum atomic E-state index is 13.2. The average molecular weight is 431 g/mol. The van der Waals surface area contributed by atoms with E-state index in [-0.39, 0.29) is 18.6 Å². The van der Waals surface area contributed by atoms with Gasteiger partial charge in [-0.3, -0.25) is 19.3 Å². The van der Waals surface area contributed by atoms with Gasteiger partial charge in [-0.25, -0.2) is 9.78 Å². The van der Waals surface area contributed by atoms with E-state index in [0.717, 1.165) is 16.0 Å². The summed E-state index contributed by atoms with van der Waals surface area (Å²) in [4.78, 5) is 60.3. The smallest absolute Gasteiger partial charge is 0.325 e. The van der Waals surface area contributed by atoms with E-state index in [1.165, 1.54) is 11.9 Å². The number of aromatic nitrogens is 2. The molecule has 1 spiro atoms. The quantitative estimate of drug-likeness (QED) is 0.604. The maximum absolute atomic E-state index is 13.2. The number of nitrogens with one attached hydrogen (secondary N) is 2. The third-order valence-electron chi connectivity index (χ3n) is 6.19. The van der Waals surface area contributed by atoms with Gasteiger partial charge in [0.1, 0.15) is 17.9 Å². The van der Waals surface area contributed by atoms with Crippen molar-refractivity contribution in [2.45, 2.75) is 24.9 Å². The van der Waals surface area contributed by atoms with Crippen LogP contribution >= 0.6 is 0 Å². The van der Waals surface area contributed by atoms with Crippen molar-refractivity contribution in [2.24, 2.45) is 0 Å². The molecule has 32 heavy (non-hydrogen) atoms. The van der Waals surface area contributed by atoms with Crippen molar-refractivity contribution in [2.75, 3.05) is 13.6 Å². The van der Waals surface area contributed by atoms with Crippen LogP contribution in [0.5, 0.6) is 0 Å². The highest BCUT2D eigenvalue weighted by Crippen LogP contribution is 2.41. The van der Waals surface area contributed by atoms with Crippen LogP contribution in [0.25, 0.3) is 10.9 Å². The molecule has 9 nitrogen and oxygen atoms in total. The number of H-pyrrole nitrogens is 1. The minimum absolute atomic E-state index is 0.0382. The molecule has 3 aromatic rings. The number of carbonyl (C=O) groups excluding carboxylic acids is 3. The van der Waals surface area contributed by atoms with Gasteiger partial charge < -0.3 is 15.2 Å². The number of carbonyl (C=O) groups is 3. The van der Waals surface area contributed by atoms with Gasteiger partial charge in [0.05, 0.1) is 17.4 Å². The molecule has 1 atom stereocenters. The number of nitrogens with zero attached hydrogens (tertiary/aromatic N) is 3. The molecular formula is C23H21N5O4. The number of aryl methyl sites for hydroxylation is 1. The van der Waals surface area contributed by atoms with Crippen LogP contribution in [0.15, 0.2) is 53.3 Å². The van der Waals surface area contributed by atoms with E-state index in [9.17, 15) is 19.2 Å². The second-order valence-electron chi connectivity index (χ2n) is 8.16. The summed E-state index contributed by atoms with van der Waals surface area (Å²) in [7, 11) is 1.54. The van der Waals surface area contributed by atoms with Crippen LogP contribution in [-0.2, 0) is 28.1 Å². The molecule has 1 fully saturated rings. The van der Waals surface area contributed by atoms with Gasteiger partial charge in [0.15, 0.2) is 0 Å². The maximum Gasteiger partial charge on any atom is 0.325 e. The second-order valence-corrected chi connectivity index (χ2v) is 8.16. The molecular weight excluding hydrogens is 410 g/mol. The summed E-state index contributed by atoms with van der Waals surface area (Å²) in [5.41, 5.74) is 0.959. The Kier molecular flexibility index (Phi) is 4.54. The van der Waals surface area contributed by atoms with Crippen LogP contribution in [0, 0.1) is 0 Å². The predicted octanol–water partition coefficient (Wildman–Crippen LogP) is 1.27. The lowest BCUT2D eigenvalue weighted by molar-refractivity contribution is -0.138. The molecule has 0 radical (unpaired) electrons. The molecule has 5 rings (SSSR count). The molecule has 0 saturated carbocycles. The molecule has 2 heterocycles. The average Bonchev–Trinajstić information content (AvgIpc) is 3.27. The van der Waals surface area contributed by atoms with Crippen LogP contribution in [0.4, 0.5) is 4.79 Å².